The van der Waals surface area contributed by atoms with E-state index >= 15 is 0 Å². The highest BCUT2D eigenvalue weighted by Gasteiger charge is 2.39. The predicted molar refractivity (Wildman–Crippen MR) is 126 cm³/mol. The molecule has 0 spiro atoms. The zero-order valence-corrected chi connectivity index (χ0v) is 19.3. The van der Waals surface area contributed by atoms with Crippen LogP contribution < -0.4 is 10.6 Å². The van der Waals surface area contributed by atoms with Crippen LogP contribution in [0.1, 0.15) is 66.0 Å². The van der Waals surface area contributed by atoms with E-state index in [1.54, 1.807) is 23.4 Å². The van der Waals surface area contributed by atoms with Gasteiger partial charge in [0, 0.05) is 31.6 Å². The summed E-state index contributed by atoms with van der Waals surface area (Å²) in [6, 6.07) is 6.55. The summed E-state index contributed by atoms with van der Waals surface area (Å²) in [7, 11) is 0. The molecular weight excluding hydrogens is 448 g/mol. The zero-order valence-electron chi connectivity index (χ0n) is 19.3. The summed E-state index contributed by atoms with van der Waals surface area (Å²) in [5.74, 6) is -0.350. The Morgan fingerprint density at radius 1 is 1.26 bits per heavy atom. The van der Waals surface area contributed by atoms with Gasteiger partial charge in [0.25, 0.3) is 5.91 Å². The zero-order chi connectivity index (χ0) is 24.5. The van der Waals surface area contributed by atoms with Gasteiger partial charge in [0.1, 0.15) is 11.9 Å². The minimum atomic E-state index is -0.632. The normalized spacial score (nSPS) is 18.5. The lowest BCUT2D eigenvalue weighted by Gasteiger charge is -2.29. The second-order valence-electron chi connectivity index (χ2n) is 9.00. The van der Waals surface area contributed by atoms with Gasteiger partial charge in [0.2, 0.25) is 17.7 Å². The number of imide groups is 1. The van der Waals surface area contributed by atoms with Crippen molar-refractivity contribution in [2.24, 2.45) is 0 Å². The van der Waals surface area contributed by atoms with Gasteiger partial charge < -0.3 is 15.2 Å². The molecule has 2 atom stereocenters. The van der Waals surface area contributed by atoms with Crippen LogP contribution in [0, 0.1) is 0 Å². The molecule has 1 fully saturated rings. The van der Waals surface area contributed by atoms with Crippen LogP contribution in [0.4, 0.5) is 0 Å². The van der Waals surface area contributed by atoms with E-state index in [0.29, 0.717) is 37.2 Å². The lowest BCUT2D eigenvalue weighted by molar-refractivity contribution is -0.137. The summed E-state index contributed by atoms with van der Waals surface area (Å²) in [6.07, 6.45) is 6.06. The Hall–Kier alpha value is -4.08. The highest BCUT2D eigenvalue weighted by molar-refractivity contribution is 6.05. The number of imidazole rings is 1. The highest BCUT2D eigenvalue weighted by atomic mass is 16.2. The predicted octanol–water partition coefficient (Wildman–Crippen LogP) is 1.92. The molecule has 0 saturated carbocycles. The number of pyridine rings is 1. The molecule has 180 valence electrons. The van der Waals surface area contributed by atoms with E-state index in [0.717, 1.165) is 28.6 Å². The van der Waals surface area contributed by atoms with Crippen LogP contribution in [-0.2, 0) is 27.3 Å². The highest BCUT2D eigenvalue weighted by Crippen LogP contribution is 2.31. The maximum Gasteiger partial charge on any atom is 0.255 e. The van der Waals surface area contributed by atoms with Crippen molar-refractivity contribution in [3.63, 3.8) is 0 Å². The van der Waals surface area contributed by atoms with Crippen molar-refractivity contribution in [1.29, 1.82) is 0 Å². The third kappa shape index (κ3) is 4.51. The smallest absolute Gasteiger partial charge is 0.255 e. The maximum atomic E-state index is 13.0. The molecule has 1 saturated heterocycles. The van der Waals surface area contributed by atoms with Crippen molar-refractivity contribution in [1.82, 2.24) is 30.5 Å². The molecule has 2 aromatic heterocycles. The number of nitrogens with one attached hydrogen (secondary N) is 3. The second-order valence-corrected chi connectivity index (χ2v) is 9.00. The van der Waals surface area contributed by atoms with Gasteiger partial charge in [-0.15, -0.1) is 0 Å². The molecule has 1 unspecified atom stereocenters. The first-order chi connectivity index (χ1) is 16.9. The van der Waals surface area contributed by atoms with E-state index in [-0.39, 0.29) is 30.2 Å². The van der Waals surface area contributed by atoms with Crippen molar-refractivity contribution in [3.05, 3.63) is 59.2 Å². The van der Waals surface area contributed by atoms with E-state index in [1.165, 1.54) is 6.92 Å². The third-order valence-electron chi connectivity index (χ3n) is 6.63. The van der Waals surface area contributed by atoms with E-state index in [9.17, 15) is 19.2 Å². The minimum Gasteiger partial charge on any atom is -0.346 e. The number of aromatic amines is 1. The number of nitrogens with zero attached hydrogens (tertiary/aromatic N) is 3. The molecule has 10 heteroatoms. The van der Waals surface area contributed by atoms with Gasteiger partial charge in [-0.3, -0.25) is 29.5 Å². The SMILES string of the molecule is CC(=O)N[C@@H](CCCc1cccc2c1CN(C1CCC(=O)NC1=O)C2=O)c1nc2ccncc2[nH]1. The number of aromatic nitrogens is 3. The number of hydrogen-bond donors (Lipinski definition) is 3. The Morgan fingerprint density at radius 3 is 2.89 bits per heavy atom. The van der Waals surface area contributed by atoms with Gasteiger partial charge >= 0.3 is 0 Å². The number of rotatable bonds is 7. The molecule has 2 aliphatic heterocycles. The first kappa shape index (κ1) is 22.7. The fraction of sp³-hybridized carbons (Fsp3) is 0.360. The Morgan fingerprint density at radius 2 is 2.11 bits per heavy atom. The van der Waals surface area contributed by atoms with E-state index in [4.69, 9.17) is 0 Å². The first-order valence-corrected chi connectivity index (χ1v) is 11.7. The van der Waals surface area contributed by atoms with Crippen molar-refractivity contribution in [2.45, 2.75) is 57.7 Å². The van der Waals surface area contributed by atoms with Crippen molar-refractivity contribution >= 4 is 34.7 Å². The van der Waals surface area contributed by atoms with E-state index in [1.807, 2.05) is 18.2 Å². The molecular formula is C25H26N6O4. The van der Waals surface area contributed by atoms with Crippen LogP contribution in [0.2, 0.25) is 0 Å². The van der Waals surface area contributed by atoms with Crippen molar-refractivity contribution in [3.8, 4) is 0 Å². The molecule has 4 amide bonds. The van der Waals surface area contributed by atoms with Gasteiger partial charge in [0.05, 0.1) is 23.3 Å². The summed E-state index contributed by atoms with van der Waals surface area (Å²) in [5.41, 5.74) is 4.17. The fourth-order valence-electron chi connectivity index (χ4n) is 4.94. The average Bonchev–Trinajstić information content (AvgIpc) is 3.40. The third-order valence-corrected chi connectivity index (χ3v) is 6.63. The average molecular weight is 475 g/mol. The van der Waals surface area contributed by atoms with Crippen LogP contribution in [0.5, 0.6) is 0 Å². The molecule has 10 nitrogen and oxygen atoms in total. The van der Waals surface area contributed by atoms with Crippen LogP contribution in [0.25, 0.3) is 11.0 Å². The van der Waals surface area contributed by atoms with Crippen LogP contribution in [0.15, 0.2) is 36.7 Å². The molecule has 0 radical (unpaired) electrons. The topological polar surface area (TPSA) is 137 Å². The quantitative estimate of drug-likeness (QED) is 0.448. The number of fused-ring (bicyclic) bond motifs is 2. The van der Waals surface area contributed by atoms with Crippen LogP contribution in [-0.4, -0.2) is 49.5 Å². The number of carbonyl (C=O) groups is 4. The molecule has 3 N–H and O–H groups in total. The number of amides is 4. The van der Waals surface area contributed by atoms with E-state index in [2.05, 4.69) is 25.6 Å². The Bertz CT molecular complexity index is 1300. The molecule has 0 bridgehead atoms. The number of benzene rings is 1. The number of aryl methyl sites for hydroxylation is 1. The molecule has 35 heavy (non-hydrogen) atoms. The number of H-pyrrole nitrogens is 1. The van der Waals surface area contributed by atoms with Gasteiger partial charge in [-0.25, -0.2) is 4.98 Å². The Labute approximate surface area is 201 Å². The Kier molecular flexibility index (Phi) is 6.02. The molecule has 2 aliphatic rings. The van der Waals surface area contributed by atoms with Crippen molar-refractivity contribution in [2.75, 3.05) is 0 Å². The lowest BCUT2D eigenvalue weighted by Crippen LogP contribution is -2.52. The van der Waals surface area contributed by atoms with Crippen molar-refractivity contribution < 1.29 is 19.2 Å². The van der Waals surface area contributed by atoms with E-state index < -0.39 is 11.9 Å². The standard InChI is InChI=1S/C25H26N6O4/c1-14(32)27-19(23-28-18-10-11-26-12-20(18)29-23)7-3-5-15-4-2-6-16-17(15)13-31(25(16)35)21-8-9-22(33)30-24(21)34/h2,4,6,10-12,19,21H,3,5,7-9,13H2,1H3,(H,27,32)(H,28,29)(H,30,33,34)/t19-,21?/m0/s1. The summed E-state index contributed by atoms with van der Waals surface area (Å²) in [4.78, 5) is 62.3. The molecule has 5 rings (SSSR count). The molecule has 0 aliphatic carbocycles. The van der Waals surface area contributed by atoms with Gasteiger partial charge in [-0.05, 0) is 48.9 Å². The molecule has 4 heterocycles. The summed E-state index contributed by atoms with van der Waals surface area (Å²) >= 11 is 0. The van der Waals surface area contributed by atoms with Crippen LogP contribution >= 0.6 is 0 Å². The summed E-state index contributed by atoms with van der Waals surface area (Å²) in [6.45, 7) is 1.83. The van der Waals surface area contributed by atoms with Gasteiger partial charge in [-0.1, -0.05) is 12.1 Å². The lowest BCUT2D eigenvalue weighted by atomic mass is 9.97. The maximum absolute atomic E-state index is 13.0. The molecule has 3 aromatic rings. The Balaban J connectivity index is 1.29. The minimum absolute atomic E-state index is 0.139. The summed E-state index contributed by atoms with van der Waals surface area (Å²) < 4.78 is 0. The number of hydrogen-bond acceptors (Lipinski definition) is 6. The van der Waals surface area contributed by atoms with Gasteiger partial charge in [-0.2, -0.15) is 0 Å². The molecule has 1 aromatic carbocycles. The van der Waals surface area contributed by atoms with Crippen LogP contribution in [0.3, 0.4) is 0 Å². The van der Waals surface area contributed by atoms with Gasteiger partial charge in [0.15, 0.2) is 0 Å². The monoisotopic (exact) mass is 474 g/mol. The first-order valence-electron chi connectivity index (χ1n) is 11.7. The largest absolute Gasteiger partial charge is 0.346 e. The number of carbonyl (C=O) groups excluding carboxylic acids is 4. The number of piperidine rings is 1. The summed E-state index contributed by atoms with van der Waals surface area (Å²) in [5, 5.41) is 5.31. The second kappa shape index (κ2) is 9.28. The fourth-order valence-corrected chi connectivity index (χ4v) is 4.94.